The van der Waals surface area contributed by atoms with Gasteiger partial charge >= 0.3 is 0 Å². The molecule has 0 saturated heterocycles. The van der Waals surface area contributed by atoms with Crippen LogP contribution in [0.4, 0.5) is 4.39 Å². The van der Waals surface area contributed by atoms with E-state index in [-0.39, 0.29) is 19.0 Å². The number of hydrogen-bond acceptors (Lipinski definition) is 5. The van der Waals surface area contributed by atoms with Crippen molar-refractivity contribution in [3.8, 4) is 34.0 Å². The molecule has 8 heteroatoms. The molecule has 0 spiro atoms. The highest BCUT2D eigenvalue weighted by molar-refractivity contribution is 6.39. The zero-order valence-corrected chi connectivity index (χ0v) is 19.8. The molecule has 0 amide bonds. The topological polar surface area (TPSA) is 57.4 Å². The lowest BCUT2D eigenvalue weighted by Gasteiger charge is -2.14. The van der Waals surface area contributed by atoms with Gasteiger partial charge in [-0.05, 0) is 66.9 Å². The molecule has 170 valence electrons. The average Bonchev–Trinajstić information content (AvgIpc) is 3.20. The maximum absolute atomic E-state index is 14.6. The third-order valence-electron chi connectivity index (χ3n) is 5.02. The number of nitrogens with zero attached hydrogens (tertiary/aromatic N) is 2. The lowest BCUT2D eigenvalue weighted by molar-refractivity contribution is 0.210. The first-order valence-corrected chi connectivity index (χ1v) is 11.0. The summed E-state index contributed by atoms with van der Waals surface area (Å²) in [6.07, 6.45) is 0. The van der Waals surface area contributed by atoms with Gasteiger partial charge < -0.3 is 14.0 Å². The second kappa shape index (κ2) is 9.81. The van der Waals surface area contributed by atoms with Crippen molar-refractivity contribution in [3.05, 3.63) is 81.4 Å². The Balaban J connectivity index is 1.39. The third-order valence-corrected chi connectivity index (χ3v) is 5.65. The van der Waals surface area contributed by atoms with Gasteiger partial charge in [0.05, 0.1) is 0 Å². The molecule has 0 fully saturated rings. The highest BCUT2D eigenvalue weighted by atomic mass is 35.5. The number of benzene rings is 3. The van der Waals surface area contributed by atoms with E-state index in [2.05, 4.69) is 10.1 Å². The predicted molar refractivity (Wildman–Crippen MR) is 127 cm³/mol. The minimum Gasteiger partial charge on any atom is -0.489 e. The Bertz CT molecular complexity index is 1260. The number of aryl methyl sites for hydroxylation is 3. The summed E-state index contributed by atoms with van der Waals surface area (Å²) < 4.78 is 31.2. The molecule has 0 unspecified atom stereocenters. The third kappa shape index (κ3) is 5.13. The fourth-order valence-corrected chi connectivity index (χ4v) is 4.18. The molecule has 33 heavy (non-hydrogen) atoms. The van der Waals surface area contributed by atoms with E-state index in [9.17, 15) is 4.39 Å². The first-order chi connectivity index (χ1) is 15.8. The summed E-state index contributed by atoms with van der Waals surface area (Å²) in [5, 5.41) is 4.86. The molecule has 5 nitrogen and oxygen atoms in total. The van der Waals surface area contributed by atoms with Crippen LogP contribution in [0.2, 0.25) is 10.0 Å². The quantitative estimate of drug-likeness (QED) is 0.258. The van der Waals surface area contributed by atoms with Gasteiger partial charge in [-0.25, -0.2) is 4.39 Å². The van der Waals surface area contributed by atoms with Gasteiger partial charge in [-0.3, -0.25) is 0 Å². The molecule has 1 heterocycles. The summed E-state index contributed by atoms with van der Waals surface area (Å²) in [6.45, 7) is 6.05. The van der Waals surface area contributed by atoms with Crippen LogP contribution in [0.5, 0.6) is 11.5 Å². The molecule has 4 rings (SSSR count). The van der Waals surface area contributed by atoms with E-state index in [4.69, 9.17) is 37.2 Å². The molecule has 0 N–H and O–H groups in total. The SMILES string of the molecule is Cc1nc(-c2cc(C)c(OCCOc3ccc(-c4c(Cl)cccc4Cl)cc3F)c(C)c2)no1. The molecule has 0 bridgehead atoms. The number of ether oxygens (including phenoxy) is 2. The number of halogens is 3. The summed E-state index contributed by atoms with van der Waals surface area (Å²) in [4.78, 5) is 4.26. The second-order valence-electron chi connectivity index (χ2n) is 7.51. The van der Waals surface area contributed by atoms with Crippen molar-refractivity contribution < 1.29 is 18.4 Å². The highest BCUT2D eigenvalue weighted by Crippen LogP contribution is 2.36. The Morgan fingerprint density at radius 1 is 0.879 bits per heavy atom. The maximum Gasteiger partial charge on any atom is 0.223 e. The Morgan fingerprint density at radius 2 is 1.55 bits per heavy atom. The van der Waals surface area contributed by atoms with Crippen LogP contribution in [0.25, 0.3) is 22.5 Å². The summed E-state index contributed by atoms with van der Waals surface area (Å²) in [5.41, 5.74) is 3.88. The molecule has 0 saturated carbocycles. The fourth-order valence-electron chi connectivity index (χ4n) is 3.57. The second-order valence-corrected chi connectivity index (χ2v) is 8.33. The zero-order valence-electron chi connectivity index (χ0n) is 18.3. The average molecular weight is 487 g/mol. The first kappa shape index (κ1) is 23.1. The van der Waals surface area contributed by atoms with Crippen LogP contribution in [-0.4, -0.2) is 23.4 Å². The van der Waals surface area contributed by atoms with Crippen molar-refractivity contribution in [1.82, 2.24) is 10.1 Å². The molecule has 0 radical (unpaired) electrons. The van der Waals surface area contributed by atoms with Crippen LogP contribution < -0.4 is 9.47 Å². The summed E-state index contributed by atoms with van der Waals surface area (Å²) in [5.74, 6) is 1.41. The minimum atomic E-state index is -0.504. The van der Waals surface area contributed by atoms with Crippen LogP contribution in [-0.2, 0) is 0 Å². The molecule has 1 aromatic heterocycles. The van der Waals surface area contributed by atoms with Gasteiger partial charge in [0.25, 0.3) is 0 Å². The van der Waals surface area contributed by atoms with Crippen LogP contribution in [0.15, 0.2) is 53.1 Å². The molecule has 0 atom stereocenters. The van der Waals surface area contributed by atoms with Gasteiger partial charge in [0.2, 0.25) is 11.7 Å². The van der Waals surface area contributed by atoms with Gasteiger partial charge in [0.1, 0.15) is 19.0 Å². The lowest BCUT2D eigenvalue weighted by atomic mass is 10.1. The van der Waals surface area contributed by atoms with E-state index >= 15 is 0 Å². The molecule has 4 aromatic rings. The van der Waals surface area contributed by atoms with E-state index < -0.39 is 5.82 Å². The Morgan fingerprint density at radius 3 is 2.15 bits per heavy atom. The van der Waals surface area contributed by atoms with E-state index in [1.807, 2.05) is 26.0 Å². The summed E-state index contributed by atoms with van der Waals surface area (Å²) >= 11 is 12.4. The summed E-state index contributed by atoms with van der Waals surface area (Å²) in [6, 6.07) is 13.7. The maximum atomic E-state index is 14.6. The van der Waals surface area contributed by atoms with Crippen molar-refractivity contribution in [1.29, 1.82) is 0 Å². The van der Waals surface area contributed by atoms with E-state index in [0.29, 0.717) is 32.9 Å². The number of aromatic nitrogens is 2. The van der Waals surface area contributed by atoms with Crippen LogP contribution in [0, 0.1) is 26.6 Å². The van der Waals surface area contributed by atoms with Crippen molar-refractivity contribution in [2.45, 2.75) is 20.8 Å². The van der Waals surface area contributed by atoms with E-state index in [1.165, 1.54) is 6.07 Å². The Kier molecular flexibility index (Phi) is 6.86. The van der Waals surface area contributed by atoms with Crippen LogP contribution >= 0.6 is 23.2 Å². The lowest BCUT2D eigenvalue weighted by Crippen LogP contribution is -2.11. The largest absolute Gasteiger partial charge is 0.489 e. The molecule has 0 aliphatic carbocycles. The van der Waals surface area contributed by atoms with Crippen molar-refractivity contribution >= 4 is 23.2 Å². The molecular weight excluding hydrogens is 466 g/mol. The van der Waals surface area contributed by atoms with Gasteiger partial charge in [0, 0.05) is 28.1 Å². The van der Waals surface area contributed by atoms with Gasteiger partial charge in [0.15, 0.2) is 11.6 Å². The highest BCUT2D eigenvalue weighted by Gasteiger charge is 2.14. The molecular formula is C25H21Cl2FN2O3. The molecule has 0 aliphatic heterocycles. The van der Waals surface area contributed by atoms with Crippen molar-refractivity contribution in [2.75, 3.05) is 13.2 Å². The van der Waals surface area contributed by atoms with Gasteiger partial charge in [-0.1, -0.05) is 40.5 Å². The van der Waals surface area contributed by atoms with E-state index in [0.717, 1.165) is 22.4 Å². The first-order valence-electron chi connectivity index (χ1n) is 10.2. The smallest absolute Gasteiger partial charge is 0.223 e. The Hall–Kier alpha value is -3.09. The van der Waals surface area contributed by atoms with Crippen LogP contribution in [0.1, 0.15) is 17.0 Å². The Labute approximate surface area is 201 Å². The summed E-state index contributed by atoms with van der Waals surface area (Å²) in [7, 11) is 0. The molecule has 3 aromatic carbocycles. The van der Waals surface area contributed by atoms with Crippen LogP contribution in [0.3, 0.4) is 0 Å². The normalized spacial score (nSPS) is 11.0. The fraction of sp³-hybridized carbons (Fsp3) is 0.200. The predicted octanol–water partition coefficient (Wildman–Crippen LogP) is 7.23. The van der Waals surface area contributed by atoms with E-state index in [1.54, 1.807) is 37.3 Å². The van der Waals surface area contributed by atoms with Gasteiger partial charge in [-0.2, -0.15) is 4.98 Å². The molecule has 0 aliphatic rings. The zero-order chi connectivity index (χ0) is 23.5. The minimum absolute atomic E-state index is 0.127. The van der Waals surface area contributed by atoms with Gasteiger partial charge in [-0.15, -0.1) is 0 Å². The standard InChI is InChI=1S/C25H21Cl2FN2O3/c1-14-11-18(25-29-16(3)33-30-25)12-15(2)24(14)32-10-9-31-22-8-7-17(13-21(22)28)23-19(26)5-4-6-20(23)27/h4-8,11-13H,9-10H2,1-3H3. The van der Waals surface area contributed by atoms with Crippen molar-refractivity contribution in [2.24, 2.45) is 0 Å². The van der Waals surface area contributed by atoms with Crippen molar-refractivity contribution in [3.63, 3.8) is 0 Å². The number of rotatable bonds is 7. The number of hydrogen-bond donors (Lipinski definition) is 0. The monoisotopic (exact) mass is 486 g/mol.